The fraction of sp³-hybridized carbons (Fsp3) is 0.214. The molecule has 6 nitrogen and oxygen atoms in total. The highest BCUT2D eigenvalue weighted by Crippen LogP contribution is 2.21. The monoisotopic (exact) mass is 301 g/mol. The lowest BCUT2D eigenvalue weighted by atomic mass is 10.2. The molecule has 21 heavy (non-hydrogen) atoms. The second-order valence-electron chi connectivity index (χ2n) is 4.71. The van der Waals surface area contributed by atoms with E-state index in [2.05, 4.69) is 44.3 Å². The van der Waals surface area contributed by atoms with E-state index in [1.54, 1.807) is 23.1 Å². The molecule has 0 unspecified atom stereocenters. The van der Waals surface area contributed by atoms with Gasteiger partial charge in [-0.05, 0) is 41.5 Å². The lowest BCUT2D eigenvalue weighted by Crippen LogP contribution is -2.28. The average Bonchev–Trinajstić information content (AvgIpc) is 3.03. The van der Waals surface area contributed by atoms with Gasteiger partial charge in [-0.25, -0.2) is 4.79 Å². The third-order valence-electron chi connectivity index (χ3n) is 3.18. The van der Waals surface area contributed by atoms with Gasteiger partial charge in [0, 0.05) is 18.3 Å². The van der Waals surface area contributed by atoms with Crippen molar-refractivity contribution in [2.75, 3.05) is 5.32 Å². The number of hydrogen-bond acceptors (Lipinski definition) is 4. The van der Waals surface area contributed by atoms with Gasteiger partial charge in [-0.3, -0.25) is 10.00 Å². The van der Waals surface area contributed by atoms with Crippen LogP contribution in [-0.2, 0) is 13.6 Å². The van der Waals surface area contributed by atoms with Crippen LogP contribution in [0.3, 0.4) is 0 Å². The molecule has 0 aliphatic heterocycles. The Morgan fingerprint density at radius 2 is 2.24 bits per heavy atom. The van der Waals surface area contributed by atoms with E-state index in [-0.39, 0.29) is 6.03 Å². The summed E-state index contributed by atoms with van der Waals surface area (Å²) in [7, 11) is 1.78. The Morgan fingerprint density at radius 1 is 1.38 bits per heavy atom. The second kappa shape index (κ2) is 5.53. The molecule has 0 saturated carbocycles. The summed E-state index contributed by atoms with van der Waals surface area (Å²) in [4.78, 5) is 15.9. The maximum absolute atomic E-state index is 11.8. The van der Waals surface area contributed by atoms with Crippen molar-refractivity contribution >= 4 is 33.4 Å². The largest absolute Gasteiger partial charge is 0.334 e. The summed E-state index contributed by atoms with van der Waals surface area (Å²) in [5.74, 6) is 1.05. The van der Waals surface area contributed by atoms with Gasteiger partial charge in [-0.2, -0.15) is 4.98 Å². The Bertz CT molecular complexity index is 772. The predicted molar refractivity (Wildman–Crippen MR) is 83.4 cm³/mol. The topological polar surface area (TPSA) is 71.8 Å². The summed E-state index contributed by atoms with van der Waals surface area (Å²) >= 11 is 1.71. The predicted octanol–water partition coefficient (Wildman–Crippen LogP) is 2.66. The first-order chi connectivity index (χ1) is 10.1. The van der Waals surface area contributed by atoms with Crippen LogP contribution in [0.2, 0.25) is 0 Å². The van der Waals surface area contributed by atoms with Crippen molar-refractivity contribution in [1.82, 2.24) is 20.1 Å². The molecule has 7 heteroatoms. The number of hydrogen-bond donors (Lipinski definition) is 2. The fourth-order valence-corrected chi connectivity index (χ4v) is 2.74. The Balaban J connectivity index is 1.60. The number of anilines is 1. The molecule has 0 radical (unpaired) electrons. The van der Waals surface area contributed by atoms with E-state index in [1.807, 2.05) is 13.0 Å². The number of carbonyl (C=O) groups is 1. The van der Waals surface area contributed by atoms with Crippen LogP contribution < -0.4 is 10.6 Å². The normalized spacial score (nSPS) is 10.8. The Morgan fingerprint density at radius 3 is 3.00 bits per heavy atom. The maximum Gasteiger partial charge on any atom is 0.321 e. The number of urea groups is 1. The van der Waals surface area contributed by atoms with Gasteiger partial charge in [0.1, 0.15) is 5.82 Å². The standard InChI is InChI=1S/C14H15N5OS/c1-9-16-13(18-19(9)2)17-14(20)15-8-10-3-4-12-11(7-10)5-6-21-12/h3-7H,8H2,1-2H3,(H2,15,17,18,20). The van der Waals surface area contributed by atoms with Gasteiger partial charge < -0.3 is 5.32 Å². The van der Waals surface area contributed by atoms with Crippen LogP contribution in [0.5, 0.6) is 0 Å². The molecular formula is C14H15N5OS. The zero-order chi connectivity index (χ0) is 14.8. The van der Waals surface area contributed by atoms with E-state index in [0.29, 0.717) is 12.5 Å². The molecule has 0 fully saturated rings. The van der Waals surface area contributed by atoms with Gasteiger partial charge in [0.15, 0.2) is 0 Å². The van der Waals surface area contributed by atoms with Crippen LogP contribution in [0.1, 0.15) is 11.4 Å². The first-order valence-electron chi connectivity index (χ1n) is 6.50. The number of nitrogens with zero attached hydrogens (tertiary/aromatic N) is 3. The first-order valence-corrected chi connectivity index (χ1v) is 7.38. The fourth-order valence-electron chi connectivity index (χ4n) is 1.97. The molecule has 2 aromatic heterocycles. The number of carbonyl (C=O) groups excluding carboxylic acids is 1. The van der Waals surface area contributed by atoms with E-state index in [0.717, 1.165) is 11.4 Å². The second-order valence-corrected chi connectivity index (χ2v) is 5.65. The van der Waals surface area contributed by atoms with Crippen LogP contribution >= 0.6 is 11.3 Å². The molecule has 0 aliphatic carbocycles. The molecular weight excluding hydrogens is 286 g/mol. The van der Waals surface area contributed by atoms with Gasteiger partial charge in [-0.15, -0.1) is 16.4 Å². The van der Waals surface area contributed by atoms with Crippen molar-refractivity contribution in [3.05, 3.63) is 41.0 Å². The first kappa shape index (κ1) is 13.6. The number of thiophene rings is 1. The number of aryl methyl sites for hydroxylation is 2. The molecule has 0 aliphatic rings. The minimum atomic E-state index is -0.314. The molecule has 108 valence electrons. The molecule has 3 aromatic rings. The van der Waals surface area contributed by atoms with Crippen LogP contribution in [0, 0.1) is 6.92 Å². The van der Waals surface area contributed by atoms with Crippen molar-refractivity contribution in [2.24, 2.45) is 7.05 Å². The van der Waals surface area contributed by atoms with Crippen LogP contribution in [-0.4, -0.2) is 20.8 Å². The molecule has 0 spiro atoms. The van der Waals surface area contributed by atoms with Crippen LogP contribution in [0.25, 0.3) is 10.1 Å². The molecule has 0 atom stereocenters. The maximum atomic E-state index is 11.8. The highest BCUT2D eigenvalue weighted by atomic mass is 32.1. The van der Waals surface area contributed by atoms with E-state index in [4.69, 9.17) is 0 Å². The number of fused-ring (bicyclic) bond motifs is 1. The zero-order valence-electron chi connectivity index (χ0n) is 11.8. The summed E-state index contributed by atoms with van der Waals surface area (Å²) in [6, 6.07) is 7.92. The molecule has 2 N–H and O–H groups in total. The van der Waals surface area contributed by atoms with Crippen molar-refractivity contribution in [3.63, 3.8) is 0 Å². The average molecular weight is 301 g/mol. The summed E-state index contributed by atoms with van der Waals surface area (Å²) in [5, 5.41) is 12.7. The van der Waals surface area contributed by atoms with E-state index < -0.39 is 0 Å². The Hall–Kier alpha value is -2.41. The van der Waals surface area contributed by atoms with Gasteiger partial charge >= 0.3 is 6.03 Å². The SMILES string of the molecule is Cc1nc(NC(=O)NCc2ccc3sccc3c2)nn1C. The van der Waals surface area contributed by atoms with Crippen LogP contribution in [0.4, 0.5) is 10.7 Å². The molecule has 2 amide bonds. The van der Waals surface area contributed by atoms with Crippen molar-refractivity contribution in [2.45, 2.75) is 13.5 Å². The summed E-state index contributed by atoms with van der Waals surface area (Å²) < 4.78 is 2.86. The molecule has 0 bridgehead atoms. The van der Waals surface area contributed by atoms with E-state index in [1.165, 1.54) is 10.1 Å². The van der Waals surface area contributed by atoms with E-state index in [9.17, 15) is 4.79 Å². The van der Waals surface area contributed by atoms with Crippen molar-refractivity contribution in [1.29, 1.82) is 0 Å². The van der Waals surface area contributed by atoms with Gasteiger partial charge in [0.2, 0.25) is 5.95 Å². The molecule has 0 saturated heterocycles. The zero-order valence-corrected chi connectivity index (χ0v) is 12.6. The summed E-state index contributed by atoms with van der Waals surface area (Å²) in [6.45, 7) is 2.29. The number of amides is 2. The highest BCUT2D eigenvalue weighted by Gasteiger charge is 2.07. The Labute approximate surface area is 125 Å². The highest BCUT2D eigenvalue weighted by molar-refractivity contribution is 7.17. The molecule has 3 rings (SSSR count). The summed E-state index contributed by atoms with van der Waals surface area (Å²) in [5.41, 5.74) is 1.06. The van der Waals surface area contributed by atoms with E-state index >= 15 is 0 Å². The number of nitrogens with one attached hydrogen (secondary N) is 2. The minimum Gasteiger partial charge on any atom is -0.334 e. The lowest BCUT2D eigenvalue weighted by molar-refractivity contribution is 0.251. The van der Waals surface area contributed by atoms with Crippen molar-refractivity contribution in [3.8, 4) is 0 Å². The quantitative estimate of drug-likeness (QED) is 0.781. The smallest absolute Gasteiger partial charge is 0.321 e. The van der Waals surface area contributed by atoms with Crippen molar-refractivity contribution < 1.29 is 4.79 Å². The van der Waals surface area contributed by atoms with Gasteiger partial charge in [0.25, 0.3) is 0 Å². The molecule has 1 aromatic carbocycles. The molecule has 2 heterocycles. The van der Waals surface area contributed by atoms with Gasteiger partial charge in [0.05, 0.1) is 0 Å². The lowest BCUT2D eigenvalue weighted by Gasteiger charge is -2.05. The van der Waals surface area contributed by atoms with Gasteiger partial charge in [-0.1, -0.05) is 6.07 Å². The third-order valence-corrected chi connectivity index (χ3v) is 4.07. The number of benzene rings is 1. The summed E-state index contributed by atoms with van der Waals surface area (Å²) in [6.07, 6.45) is 0. The Kier molecular flexibility index (Phi) is 3.57. The number of aromatic nitrogens is 3. The third kappa shape index (κ3) is 3.03. The minimum absolute atomic E-state index is 0.306. The van der Waals surface area contributed by atoms with Crippen LogP contribution in [0.15, 0.2) is 29.6 Å². The number of rotatable bonds is 3.